The van der Waals surface area contributed by atoms with Crippen LogP contribution in [0.25, 0.3) is 0 Å². The Morgan fingerprint density at radius 1 is 1.37 bits per heavy atom. The monoisotopic (exact) mass is 279 g/mol. The molecule has 1 aliphatic heterocycles. The van der Waals surface area contributed by atoms with Crippen LogP contribution in [0.5, 0.6) is 0 Å². The molecule has 0 bridgehead atoms. The van der Waals surface area contributed by atoms with E-state index in [1.54, 1.807) is 11.3 Å². The first-order chi connectivity index (χ1) is 9.29. The fraction of sp³-hybridized carbons (Fsp3) is 0.667. The van der Waals surface area contributed by atoms with Gasteiger partial charge in [-0.25, -0.2) is 0 Å². The molecule has 1 atom stereocenters. The molecular formula is C15H21NO2S. The molecule has 1 amide bonds. The lowest BCUT2D eigenvalue weighted by molar-refractivity contribution is 0.0620. The van der Waals surface area contributed by atoms with Gasteiger partial charge in [0.2, 0.25) is 0 Å². The van der Waals surface area contributed by atoms with Gasteiger partial charge in [0.15, 0.2) is 0 Å². The Bertz CT molecular complexity index is 469. The van der Waals surface area contributed by atoms with Crippen LogP contribution in [0.4, 0.5) is 0 Å². The first-order valence-electron chi connectivity index (χ1n) is 7.29. The molecular weight excluding hydrogens is 258 g/mol. The standard InChI is InChI=1S/C15H21NO2S/c17-9-11-4-3-7-16(8-11)15(18)13-10-19-14-6-2-1-5-12(13)14/h10-11,17H,1-9H2. The van der Waals surface area contributed by atoms with Crippen molar-refractivity contribution in [3.63, 3.8) is 0 Å². The van der Waals surface area contributed by atoms with Crippen molar-refractivity contribution < 1.29 is 9.90 Å². The van der Waals surface area contributed by atoms with E-state index in [2.05, 4.69) is 5.38 Å². The van der Waals surface area contributed by atoms with Gasteiger partial charge in [-0.05, 0) is 50.0 Å². The lowest BCUT2D eigenvalue weighted by Crippen LogP contribution is -2.41. The summed E-state index contributed by atoms with van der Waals surface area (Å²) >= 11 is 1.75. The molecule has 1 fully saturated rings. The zero-order valence-electron chi connectivity index (χ0n) is 11.2. The lowest BCUT2D eigenvalue weighted by Gasteiger charge is -2.32. The Balaban J connectivity index is 1.78. The van der Waals surface area contributed by atoms with Crippen molar-refractivity contribution in [3.8, 4) is 0 Å². The van der Waals surface area contributed by atoms with Crippen LogP contribution >= 0.6 is 11.3 Å². The van der Waals surface area contributed by atoms with Crippen LogP contribution in [0.2, 0.25) is 0 Å². The van der Waals surface area contributed by atoms with Gasteiger partial charge in [-0.1, -0.05) is 0 Å². The smallest absolute Gasteiger partial charge is 0.254 e. The maximum absolute atomic E-state index is 12.6. The Hall–Kier alpha value is -0.870. The van der Waals surface area contributed by atoms with E-state index in [0.29, 0.717) is 0 Å². The highest BCUT2D eigenvalue weighted by molar-refractivity contribution is 7.10. The van der Waals surface area contributed by atoms with E-state index in [0.717, 1.165) is 44.3 Å². The number of likely N-dealkylation sites (tertiary alicyclic amines) is 1. The van der Waals surface area contributed by atoms with E-state index >= 15 is 0 Å². The van der Waals surface area contributed by atoms with Crippen LogP contribution in [0, 0.1) is 5.92 Å². The molecule has 0 saturated carbocycles. The Labute approximate surface area is 118 Å². The number of aliphatic hydroxyl groups excluding tert-OH is 1. The van der Waals surface area contributed by atoms with Crippen molar-refractivity contribution in [2.45, 2.75) is 38.5 Å². The van der Waals surface area contributed by atoms with Crippen LogP contribution < -0.4 is 0 Å². The van der Waals surface area contributed by atoms with Gasteiger partial charge in [-0.3, -0.25) is 4.79 Å². The van der Waals surface area contributed by atoms with Crippen molar-refractivity contribution >= 4 is 17.2 Å². The van der Waals surface area contributed by atoms with Crippen molar-refractivity contribution in [2.75, 3.05) is 19.7 Å². The number of rotatable bonds is 2. The highest BCUT2D eigenvalue weighted by Gasteiger charge is 2.27. The Morgan fingerprint density at radius 2 is 2.21 bits per heavy atom. The number of hydrogen-bond acceptors (Lipinski definition) is 3. The summed E-state index contributed by atoms with van der Waals surface area (Å²) in [7, 11) is 0. The number of aryl methyl sites for hydroxylation is 1. The third-order valence-corrected chi connectivity index (χ3v) is 5.44. The molecule has 1 unspecified atom stereocenters. The van der Waals surface area contributed by atoms with Gasteiger partial charge in [0, 0.05) is 30.0 Å². The van der Waals surface area contributed by atoms with E-state index in [-0.39, 0.29) is 18.4 Å². The SMILES string of the molecule is O=C(c1csc2c1CCCC2)N1CCCC(CO)C1. The first-order valence-corrected chi connectivity index (χ1v) is 8.17. The van der Waals surface area contributed by atoms with Crippen LogP contribution in [0.3, 0.4) is 0 Å². The Kier molecular flexibility index (Phi) is 3.89. The number of hydrogen-bond donors (Lipinski definition) is 1. The molecule has 2 heterocycles. The number of thiophene rings is 1. The summed E-state index contributed by atoms with van der Waals surface area (Å²) in [6, 6.07) is 0. The van der Waals surface area contributed by atoms with Crippen molar-refractivity contribution in [1.29, 1.82) is 0 Å². The molecule has 1 aromatic heterocycles. The molecule has 0 spiro atoms. The molecule has 1 aromatic rings. The van der Waals surface area contributed by atoms with Crippen molar-refractivity contribution in [1.82, 2.24) is 4.90 Å². The fourth-order valence-corrected chi connectivity index (χ4v) is 4.36. The minimum absolute atomic E-state index is 0.192. The molecule has 0 aromatic carbocycles. The average Bonchev–Trinajstić information content (AvgIpc) is 2.90. The van der Waals surface area contributed by atoms with Crippen molar-refractivity contribution in [2.24, 2.45) is 5.92 Å². The summed E-state index contributed by atoms with van der Waals surface area (Å²) in [6.45, 7) is 1.77. The minimum atomic E-state index is 0.192. The molecule has 0 radical (unpaired) electrons. The summed E-state index contributed by atoms with van der Waals surface area (Å²) in [5.41, 5.74) is 2.26. The summed E-state index contributed by atoms with van der Waals surface area (Å²) in [6.07, 6.45) is 6.75. The zero-order valence-corrected chi connectivity index (χ0v) is 12.0. The van der Waals surface area contributed by atoms with Crippen LogP contribution in [0.1, 0.15) is 46.5 Å². The van der Waals surface area contributed by atoms with Gasteiger partial charge >= 0.3 is 0 Å². The number of amides is 1. The van der Waals surface area contributed by atoms with Gasteiger partial charge in [-0.2, -0.15) is 0 Å². The summed E-state index contributed by atoms with van der Waals surface area (Å²) < 4.78 is 0. The number of nitrogens with zero attached hydrogens (tertiary/aromatic N) is 1. The molecule has 4 heteroatoms. The number of aliphatic hydroxyl groups is 1. The third-order valence-electron chi connectivity index (χ3n) is 4.36. The lowest BCUT2D eigenvalue weighted by atomic mass is 9.94. The molecule has 2 aliphatic rings. The summed E-state index contributed by atoms with van der Waals surface area (Å²) in [4.78, 5) is 16.0. The quantitative estimate of drug-likeness (QED) is 0.903. The molecule has 3 nitrogen and oxygen atoms in total. The first kappa shape index (κ1) is 13.1. The van der Waals surface area contributed by atoms with Crippen molar-refractivity contribution in [3.05, 3.63) is 21.4 Å². The topological polar surface area (TPSA) is 40.5 Å². The normalized spacial score (nSPS) is 23.2. The second-order valence-corrected chi connectivity index (χ2v) is 6.66. The molecule has 1 aliphatic carbocycles. The molecule has 1 saturated heterocycles. The van der Waals surface area contributed by atoms with E-state index in [1.165, 1.54) is 23.3 Å². The second-order valence-electron chi connectivity index (χ2n) is 5.70. The number of carbonyl (C=O) groups excluding carboxylic acids is 1. The number of fused-ring (bicyclic) bond motifs is 1. The van der Waals surface area contributed by atoms with Gasteiger partial charge in [0.1, 0.15) is 0 Å². The van der Waals surface area contributed by atoms with Crippen LogP contribution in [-0.2, 0) is 12.8 Å². The number of carbonyl (C=O) groups is 1. The predicted molar refractivity (Wildman–Crippen MR) is 76.7 cm³/mol. The highest BCUT2D eigenvalue weighted by Crippen LogP contribution is 2.31. The maximum atomic E-state index is 12.6. The second kappa shape index (κ2) is 5.63. The third kappa shape index (κ3) is 2.56. The van der Waals surface area contributed by atoms with Gasteiger partial charge in [-0.15, -0.1) is 11.3 Å². The molecule has 3 rings (SSSR count). The highest BCUT2D eigenvalue weighted by atomic mass is 32.1. The largest absolute Gasteiger partial charge is 0.396 e. The van der Waals surface area contributed by atoms with Gasteiger partial charge in [0.05, 0.1) is 5.56 Å². The molecule has 1 N–H and O–H groups in total. The summed E-state index contributed by atoms with van der Waals surface area (Å²) in [5.74, 6) is 0.463. The number of piperidine rings is 1. The fourth-order valence-electron chi connectivity index (χ4n) is 3.24. The molecule has 19 heavy (non-hydrogen) atoms. The summed E-state index contributed by atoms with van der Waals surface area (Å²) in [5, 5.41) is 11.3. The molecule has 104 valence electrons. The van der Waals surface area contributed by atoms with Gasteiger partial charge < -0.3 is 10.0 Å². The Morgan fingerprint density at radius 3 is 3.05 bits per heavy atom. The van der Waals surface area contributed by atoms with E-state index in [9.17, 15) is 9.90 Å². The zero-order chi connectivity index (χ0) is 13.2. The minimum Gasteiger partial charge on any atom is -0.396 e. The van der Waals surface area contributed by atoms with Crippen LogP contribution in [-0.4, -0.2) is 35.6 Å². The van der Waals surface area contributed by atoms with E-state index in [1.807, 2.05) is 4.90 Å². The predicted octanol–water partition coefficient (Wildman–Crippen LogP) is 2.47. The van der Waals surface area contributed by atoms with Crippen LogP contribution in [0.15, 0.2) is 5.38 Å². The van der Waals surface area contributed by atoms with E-state index in [4.69, 9.17) is 0 Å². The maximum Gasteiger partial charge on any atom is 0.254 e. The van der Waals surface area contributed by atoms with E-state index < -0.39 is 0 Å². The average molecular weight is 279 g/mol. The van der Waals surface area contributed by atoms with Gasteiger partial charge in [0.25, 0.3) is 5.91 Å².